The Morgan fingerprint density at radius 1 is 1.21 bits per heavy atom. The third-order valence-electron chi connectivity index (χ3n) is 4.08. The van der Waals surface area contributed by atoms with Gasteiger partial charge >= 0.3 is 0 Å². The van der Waals surface area contributed by atoms with Crippen molar-refractivity contribution in [2.75, 3.05) is 7.05 Å². The lowest BCUT2D eigenvalue weighted by molar-refractivity contribution is -0.135. The second kappa shape index (κ2) is 6.00. The second-order valence-corrected chi connectivity index (χ2v) is 5.35. The number of carbonyl (C=O) groups excluding carboxylic acids is 2. The van der Waals surface area contributed by atoms with Crippen LogP contribution in [0.25, 0.3) is 0 Å². The maximum atomic E-state index is 12.5. The fourth-order valence-electron chi connectivity index (χ4n) is 2.68. The smallest absolute Gasteiger partial charge is 0.229 e. The van der Waals surface area contributed by atoms with E-state index in [2.05, 4.69) is 0 Å². The van der Waals surface area contributed by atoms with Crippen LogP contribution >= 0.6 is 0 Å². The van der Waals surface area contributed by atoms with Gasteiger partial charge < -0.3 is 4.90 Å². The van der Waals surface area contributed by atoms with Gasteiger partial charge in [0.15, 0.2) is 0 Å². The molecule has 0 aromatic heterocycles. The zero-order chi connectivity index (χ0) is 13.8. The lowest BCUT2D eigenvalue weighted by atomic mass is 9.92. The minimum Gasteiger partial charge on any atom is -0.342 e. The Balaban J connectivity index is 2.01. The van der Waals surface area contributed by atoms with Crippen LogP contribution in [0.1, 0.15) is 44.1 Å². The van der Waals surface area contributed by atoms with Crippen molar-refractivity contribution in [3.63, 3.8) is 0 Å². The van der Waals surface area contributed by atoms with E-state index >= 15 is 0 Å². The highest BCUT2D eigenvalue weighted by Gasteiger charge is 2.28. The van der Waals surface area contributed by atoms with Crippen molar-refractivity contribution < 1.29 is 9.59 Å². The SMILES string of the molecule is CC(C(=O)N(C)C1CCC(=O)CC1)c1ccccc1. The number of nitrogens with zero attached hydrogens (tertiary/aromatic N) is 1. The van der Waals surface area contributed by atoms with Crippen molar-refractivity contribution in [3.8, 4) is 0 Å². The van der Waals surface area contributed by atoms with Crippen molar-refractivity contribution in [1.82, 2.24) is 4.90 Å². The van der Waals surface area contributed by atoms with Gasteiger partial charge in [0.25, 0.3) is 0 Å². The van der Waals surface area contributed by atoms with E-state index in [-0.39, 0.29) is 17.9 Å². The van der Waals surface area contributed by atoms with Crippen LogP contribution in [0.15, 0.2) is 30.3 Å². The molecule has 1 saturated carbocycles. The summed E-state index contributed by atoms with van der Waals surface area (Å²) in [6.45, 7) is 1.95. The fourth-order valence-corrected chi connectivity index (χ4v) is 2.68. The summed E-state index contributed by atoms with van der Waals surface area (Å²) in [5.41, 5.74) is 1.05. The molecule has 0 saturated heterocycles. The molecule has 3 heteroatoms. The number of ketones is 1. The summed E-state index contributed by atoms with van der Waals surface area (Å²) in [5.74, 6) is 0.350. The molecule has 1 atom stereocenters. The first-order valence-corrected chi connectivity index (χ1v) is 6.93. The first-order chi connectivity index (χ1) is 9.09. The highest BCUT2D eigenvalue weighted by Crippen LogP contribution is 2.24. The van der Waals surface area contributed by atoms with Crippen LogP contribution in [0.4, 0.5) is 0 Å². The molecule has 19 heavy (non-hydrogen) atoms. The van der Waals surface area contributed by atoms with Gasteiger partial charge in [0.1, 0.15) is 5.78 Å². The first kappa shape index (κ1) is 13.8. The maximum absolute atomic E-state index is 12.5. The van der Waals surface area contributed by atoms with Crippen molar-refractivity contribution in [3.05, 3.63) is 35.9 Å². The summed E-state index contributed by atoms with van der Waals surface area (Å²) in [5, 5.41) is 0. The van der Waals surface area contributed by atoms with Gasteiger partial charge in [-0.15, -0.1) is 0 Å². The Bertz CT molecular complexity index is 445. The molecule has 2 rings (SSSR count). The van der Waals surface area contributed by atoms with E-state index in [0.717, 1.165) is 18.4 Å². The predicted molar refractivity (Wildman–Crippen MR) is 74.9 cm³/mol. The van der Waals surface area contributed by atoms with E-state index in [0.29, 0.717) is 18.6 Å². The molecular weight excluding hydrogens is 238 g/mol. The number of amides is 1. The van der Waals surface area contributed by atoms with Gasteiger partial charge in [-0.05, 0) is 25.3 Å². The van der Waals surface area contributed by atoms with Gasteiger partial charge in [-0.2, -0.15) is 0 Å². The van der Waals surface area contributed by atoms with Crippen LogP contribution in [0.5, 0.6) is 0 Å². The number of hydrogen-bond acceptors (Lipinski definition) is 2. The van der Waals surface area contributed by atoms with Crippen LogP contribution in [-0.4, -0.2) is 29.7 Å². The molecule has 0 aliphatic heterocycles. The molecule has 0 N–H and O–H groups in total. The van der Waals surface area contributed by atoms with Gasteiger partial charge in [0.05, 0.1) is 5.92 Å². The molecule has 1 unspecified atom stereocenters. The van der Waals surface area contributed by atoms with E-state index in [1.165, 1.54) is 0 Å². The van der Waals surface area contributed by atoms with Crippen LogP contribution in [0, 0.1) is 0 Å². The summed E-state index contributed by atoms with van der Waals surface area (Å²) < 4.78 is 0. The molecule has 0 radical (unpaired) electrons. The van der Waals surface area contributed by atoms with E-state index < -0.39 is 0 Å². The molecule has 1 aromatic rings. The van der Waals surface area contributed by atoms with E-state index in [9.17, 15) is 9.59 Å². The van der Waals surface area contributed by atoms with Gasteiger partial charge in [-0.3, -0.25) is 9.59 Å². The maximum Gasteiger partial charge on any atom is 0.229 e. The van der Waals surface area contributed by atoms with Crippen LogP contribution in [0.2, 0.25) is 0 Å². The van der Waals surface area contributed by atoms with Crippen LogP contribution < -0.4 is 0 Å². The zero-order valence-electron chi connectivity index (χ0n) is 11.6. The molecule has 1 fully saturated rings. The highest BCUT2D eigenvalue weighted by atomic mass is 16.2. The first-order valence-electron chi connectivity index (χ1n) is 6.93. The van der Waals surface area contributed by atoms with Gasteiger partial charge in [-0.25, -0.2) is 0 Å². The number of hydrogen-bond donors (Lipinski definition) is 0. The van der Waals surface area contributed by atoms with Crippen LogP contribution in [0.3, 0.4) is 0 Å². The second-order valence-electron chi connectivity index (χ2n) is 5.35. The van der Waals surface area contributed by atoms with Crippen molar-refractivity contribution in [2.24, 2.45) is 0 Å². The largest absolute Gasteiger partial charge is 0.342 e. The molecule has 1 amide bonds. The molecule has 3 nitrogen and oxygen atoms in total. The van der Waals surface area contributed by atoms with E-state index in [1.807, 2.05) is 49.2 Å². The number of benzene rings is 1. The minimum atomic E-state index is -0.121. The topological polar surface area (TPSA) is 37.4 Å². The summed E-state index contributed by atoms with van der Waals surface area (Å²) in [6, 6.07) is 10.1. The number of carbonyl (C=O) groups is 2. The fraction of sp³-hybridized carbons (Fsp3) is 0.500. The van der Waals surface area contributed by atoms with Gasteiger partial charge in [-0.1, -0.05) is 30.3 Å². The number of likely N-dealkylation sites (N-methyl/N-ethyl adjacent to an activating group) is 1. The molecule has 1 aliphatic carbocycles. The van der Waals surface area contributed by atoms with Crippen molar-refractivity contribution >= 4 is 11.7 Å². The molecule has 1 aliphatic rings. The third kappa shape index (κ3) is 3.22. The Hall–Kier alpha value is -1.64. The van der Waals surface area contributed by atoms with E-state index in [4.69, 9.17) is 0 Å². The molecule has 0 spiro atoms. The minimum absolute atomic E-state index is 0.121. The predicted octanol–water partition coefficient (Wildman–Crippen LogP) is 2.76. The summed E-state index contributed by atoms with van der Waals surface area (Å²) in [7, 11) is 1.86. The highest BCUT2D eigenvalue weighted by molar-refractivity contribution is 5.84. The third-order valence-corrected chi connectivity index (χ3v) is 4.08. The molecule has 0 bridgehead atoms. The number of rotatable bonds is 3. The average molecular weight is 259 g/mol. The normalized spacial score (nSPS) is 18.1. The van der Waals surface area contributed by atoms with Crippen LogP contribution in [-0.2, 0) is 9.59 Å². The van der Waals surface area contributed by atoms with Gasteiger partial charge in [0, 0.05) is 25.9 Å². The summed E-state index contributed by atoms with van der Waals surface area (Å²) in [4.78, 5) is 25.6. The summed E-state index contributed by atoms with van der Waals surface area (Å²) in [6.07, 6.45) is 2.84. The Labute approximate surface area is 114 Å². The van der Waals surface area contributed by atoms with Crippen molar-refractivity contribution in [2.45, 2.75) is 44.6 Å². The average Bonchev–Trinajstić information content (AvgIpc) is 2.46. The number of Topliss-reactive ketones (excluding diaryl/α,β-unsaturated/α-hetero) is 1. The molecule has 1 aromatic carbocycles. The summed E-state index contributed by atoms with van der Waals surface area (Å²) >= 11 is 0. The van der Waals surface area contributed by atoms with Crippen molar-refractivity contribution in [1.29, 1.82) is 0 Å². The Kier molecular flexibility index (Phi) is 4.35. The lowest BCUT2D eigenvalue weighted by Gasteiger charge is -2.32. The monoisotopic (exact) mass is 259 g/mol. The molecular formula is C16H21NO2. The Morgan fingerprint density at radius 2 is 1.79 bits per heavy atom. The lowest BCUT2D eigenvalue weighted by Crippen LogP contribution is -2.41. The quantitative estimate of drug-likeness (QED) is 0.837. The molecule has 102 valence electrons. The molecule has 0 heterocycles. The standard InChI is InChI=1S/C16H21NO2/c1-12(13-6-4-3-5-7-13)16(19)17(2)14-8-10-15(18)11-9-14/h3-7,12,14H,8-11H2,1-2H3. The zero-order valence-corrected chi connectivity index (χ0v) is 11.6. The van der Waals surface area contributed by atoms with E-state index in [1.54, 1.807) is 0 Å². The Morgan fingerprint density at radius 3 is 2.37 bits per heavy atom. The van der Waals surface area contributed by atoms with Gasteiger partial charge in [0.2, 0.25) is 5.91 Å².